The van der Waals surface area contributed by atoms with Gasteiger partial charge in [-0.15, -0.1) is 0 Å². The molecule has 1 aromatic carbocycles. The lowest BCUT2D eigenvalue weighted by Gasteiger charge is -2.28. The first kappa shape index (κ1) is 21.3. The van der Waals surface area contributed by atoms with Crippen molar-refractivity contribution in [1.82, 2.24) is 20.2 Å². The zero-order valence-corrected chi connectivity index (χ0v) is 17.4. The van der Waals surface area contributed by atoms with E-state index in [-0.39, 0.29) is 42.1 Å². The van der Waals surface area contributed by atoms with Crippen LogP contribution < -0.4 is 20.9 Å². The molecule has 1 aliphatic rings. The van der Waals surface area contributed by atoms with Crippen molar-refractivity contribution in [3.05, 3.63) is 63.3 Å². The molecule has 0 radical (unpaired) electrons. The number of ether oxygens (including phenoxy) is 1. The van der Waals surface area contributed by atoms with E-state index in [0.717, 1.165) is 5.56 Å². The van der Waals surface area contributed by atoms with Crippen molar-refractivity contribution in [2.45, 2.75) is 26.0 Å². The molecule has 0 bridgehead atoms. The summed E-state index contributed by atoms with van der Waals surface area (Å²) in [6.45, 7) is 1.79. The Morgan fingerprint density at radius 3 is 2.69 bits per heavy atom. The monoisotopic (exact) mass is 440 g/mol. The van der Waals surface area contributed by atoms with Gasteiger partial charge in [0, 0.05) is 31.8 Å². The third-order valence-corrected chi connectivity index (χ3v) is 5.29. The second kappa shape index (κ2) is 8.29. The van der Waals surface area contributed by atoms with E-state index >= 15 is 0 Å². The van der Waals surface area contributed by atoms with Gasteiger partial charge in [0.25, 0.3) is 17.4 Å². The van der Waals surface area contributed by atoms with Gasteiger partial charge in [0.2, 0.25) is 0 Å². The molecular weight excluding hydrogens is 419 g/mol. The van der Waals surface area contributed by atoms with Gasteiger partial charge < -0.3 is 20.5 Å². The number of pyridine rings is 2. The normalized spacial score (nSPS) is 14.7. The lowest BCUT2D eigenvalue weighted by molar-refractivity contribution is -0.128. The predicted molar refractivity (Wildman–Crippen MR) is 113 cm³/mol. The van der Waals surface area contributed by atoms with Crippen LogP contribution in [0, 0.1) is 5.82 Å². The number of hydrogen-bond donors (Lipinski definition) is 3. The molecular formula is C22H21FN4O5. The minimum Gasteiger partial charge on any atom is -0.505 e. The van der Waals surface area contributed by atoms with Crippen LogP contribution >= 0.6 is 0 Å². The first-order valence-corrected chi connectivity index (χ1v) is 10.0. The fourth-order valence-electron chi connectivity index (χ4n) is 3.75. The molecule has 0 aliphatic carbocycles. The first-order valence-electron chi connectivity index (χ1n) is 10.0. The topological polar surface area (TPSA) is 123 Å². The molecule has 1 atom stereocenters. The number of halogens is 1. The summed E-state index contributed by atoms with van der Waals surface area (Å²) in [5.41, 5.74) is 0.309. The molecule has 0 saturated heterocycles. The van der Waals surface area contributed by atoms with Crippen LogP contribution in [-0.4, -0.2) is 46.2 Å². The Labute approximate surface area is 181 Å². The number of carbonyl (C=O) groups is 2. The number of carbonyl (C=O) groups excluding carboxylic acids is 2. The molecule has 0 unspecified atom stereocenters. The summed E-state index contributed by atoms with van der Waals surface area (Å²) < 4.78 is 20.5. The summed E-state index contributed by atoms with van der Waals surface area (Å²) in [5, 5.41) is 15.7. The molecule has 166 valence electrons. The zero-order chi connectivity index (χ0) is 23.0. The Bertz CT molecular complexity index is 1290. The lowest BCUT2D eigenvalue weighted by Crippen LogP contribution is -2.45. The van der Waals surface area contributed by atoms with Gasteiger partial charge in [0.15, 0.2) is 17.6 Å². The second-order valence-electron chi connectivity index (χ2n) is 7.33. The smallest absolute Gasteiger partial charge is 0.268 e. The van der Waals surface area contributed by atoms with Crippen molar-refractivity contribution < 1.29 is 23.8 Å². The molecule has 2 amide bonds. The molecule has 10 heteroatoms. The number of rotatable bonds is 5. The SMILES string of the molecule is CCNC(=O)c1c(O)c2ncc(Cc3ccc(F)cc3)c3c2n(c1=O)C[C@@H](C(=O)NC)O3. The van der Waals surface area contributed by atoms with E-state index in [1.807, 2.05) is 0 Å². The van der Waals surface area contributed by atoms with Gasteiger partial charge in [-0.2, -0.15) is 0 Å². The van der Waals surface area contributed by atoms with Gasteiger partial charge >= 0.3 is 0 Å². The first-order chi connectivity index (χ1) is 15.3. The Balaban J connectivity index is 1.95. The standard InChI is InChI=1S/C22H21FN4O5/c1-3-25-21(30)15-18(28)16-17-19(32-14(20(29)24-2)10-27(17)22(15)31)12(9-26-16)8-11-4-6-13(23)7-5-11/h4-7,9,14,28H,3,8,10H2,1-2H3,(H,24,29)(H,25,30)/t14-/m0/s1. The largest absolute Gasteiger partial charge is 0.505 e. The summed E-state index contributed by atoms with van der Waals surface area (Å²) in [4.78, 5) is 42.3. The Morgan fingerprint density at radius 2 is 2.03 bits per heavy atom. The fraction of sp³-hybridized carbons (Fsp3) is 0.273. The molecule has 0 saturated carbocycles. The van der Waals surface area contributed by atoms with E-state index in [4.69, 9.17) is 4.74 Å². The summed E-state index contributed by atoms with van der Waals surface area (Å²) in [6.07, 6.45) is 0.699. The number of hydrogen-bond acceptors (Lipinski definition) is 6. The van der Waals surface area contributed by atoms with Crippen LogP contribution in [0.15, 0.2) is 35.3 Å². The minimum absolute atomic E-state index is 0.0130. The van der Waals surface area contributed by atoms with Crippen molar-refractivity contribution in [1.29, 1.82) is 0 Å². The minimum atomic E-state index is -1.03. The van der Waals surface area contributed by atoms with Crippen molar-refractivity contribution >= 4 is 22.8 Å². The molecule has 4 rings (SSSR count). The summed E-state index contributed by atoms with van der Waals surface area (Å²) in [7, 11) is 1.45. The van der Waals surface area contributed by atoms with Crippen molar-refractivity contribution in [3.63, 3.8) is 0 Å². The predicted octanol–water partition coefficient (Wildman–Crippen LogP) is 1.09. The van der Waals surface area contributed by atoms with Crippen LogP contribution in [0.5, 0.6) is 11.5 Å². The van der Waals surface area contributed by atoms with E-state index in [9.17, 15) is 23.9 Å². The number of aromatic hydroxyl groups is 1. The van der Waals surface area contributed by atoms with Gasteiger partial charge in [0.05, 0.1) is 6.54 Å². The third kappa shape index (κ3) is 3.53. The summed E-state index contributed by atoms with van der Waals surface area (Å²) in [6, 6.07) is 5.86. The molecule has 1 aliphatic heterocycles. The highest BCUT2D eigenvalue weighted by molar-refractivity contribution is 6.02. The summed E-state index contributed by atoms with van der Waals surface area (Å²) in [5.74, 6) is -1.91. The van der Waals surface area contributed by atoms with Gasteiger partial charge in [0.1, 0.15) is 22.4 Å². The molecule has 9 nitrogen and oxygen atoms in total. The van der Waals surface area contributed by atoms with Gasteiger partial charge in [-0.3, -0.25) is 23.9 Å². The highest BCUT2D eigenvalue weighted by atomic mass is 19.1. The number of nitrogens with one attached hydrogen (secondary N) is 2. The fourth-order valence-corrected chi connectivity index (χ4v) is 3.75. The van der Waals surface area contributed by atoms with Crippen molar-refractivity contribution in [3.8, 4) is 11.5 Å². The maximum atomic E-state index is 13.3. The molecule has 3 N–H and O–H groups in total. The highest BCUT2D eigenvalue weighted by Gasteiger charge is 2.34. The number of benzene rings is 1. The van der Waals surface area contributed by atoms with E-state index in [1.165, 1.54) is 29.9 Å². The van der Waals surface area contributed by atoms with Crippen LogP contribution in [0.25, 0.3) is 11.0 Å². The molecule has 32 heavy (non-hydrogen) atoms. The van der Waals surface area contributed by atoms with E-state index in [1.54, 1.807) is 19.1 Å². The average Bonchev–Trinajstić information content (AvgIpc) is 2.79. The van der Waals surface area contributed by atoms with Crippen LogP contribution in [0.2, 0.25) is 0 Å². The van der Waals surface area contributed by atoms with E-state index < -0.39 is 34.8 Å². The van der Waals surface area contributed by atoms with Crippen LogP contribution in [0.4, 0.5) is 4.39 Å². The van der Waals surface area contributed by atoms with Crippen molar-refractivity contribution in [2.24, 2.45) is 0 Å². The highest BCUT2D eigenvalue weighted by Crippen LogP contribution is 2.37. The summed E-state index contributed by atoms with van der Waals surface area (Å²) >= 11 is 0. The molecule has 0 spiro atoms. The quantitative estimate of drug-likeness (QED) is 0.546. The maximum Gasteiger partial charge on any atom is 0.268 e. The number of aromatic nitrogens is 2. The van der Waals surface area contributed by atoms with E-state index in [2.05, 4.69) is 15.6 Å². The van der Waals surface area contributed by atoms with Crippen LogP contribution in [0.3, 0.4) is 0 Å². The van der Waals surface area contributed by atoms with Crippen molar-refractivity contribution in [2.75, 3.05) is 13.6 Å². The van der Waals surface area contributed by atoms with Crippen LogP contribution in [0.1, 0.15) is 28.4 Å². The Morgan fingerprint density at radius 1 is 1.31 bits per heavy atom. The molecule has 2 aromatic heterocycles. The Hall–Kier alpha value is -3.95. The van der Waals surface area contributed by atoms with Gasteiger partial charge in [-0.05, 0) is 24.6 Å². The number of likely N-dealkylation sites (N-methyl/N-ethyl adjacent to an activating group) is 1. The second-order valence-corrected chi connectivity index (χ2v) is 7.33. The third-order valence-electron chi connectivity index (χ3n) is 5.29. The molecule has 3 aromatic rings. The Kier molecular flexibility index (Phi) is 5.52. The zero-order valence-electron chi connectivity index (χ0n) is 17.4. The van der Waals surface area contributed by atoms with E-state index in [0.29, 0.717) is 5.56 Å². The number of amides is 2. The van der Waals surface area contributed by atoms with Crippen LogP contribution in [-0.2, 0) is 17.8 Å². The van der Waals surface area contributed by atoms with Gasteiger partial charge in [-0.1, -0.05) is 12.1 Å². The molecule has 0 fully saturated rings. The van der Waals surface area contributed by atoms with Gasteiger partial charge in [-0.25, -0.2) is 4.39 Å². The lowest BCUT2D eigenvalue weighted by atomic mass is 10.0. The molecule has 3 heterocycles. The average molecular weight is 440 g/mol. The number of nitrogens with zero attached hydrogens (tertiary/aromatic N) is 2. The maximum absolute atomic E-state index is 13.3.